The largest absolute Gasteiger partial charge is 0.493 e. The van der Waals surface area contributed by atoms with Gasteiger partial charge in [-0.25, -0.2) is 9.55 Å². The molecule has 17 heteroatoms. The molecule has 4 rings (SSSR count). The van der Waals surface area contributed by atoms with E-state index in [0.29, 0.717) is 0 Å². The van der Waals surface area contributed by atoms with Crippen molar-refractivity contribution in [2.45, 2.75) is 96.5 Å². The van der Waals surface area contributed by atoms with E-state index in [2.05, 4.69) is 10.1 Å². The van der Waals surface area contributed by atoms with E-state index in [1.165, 1.54) is 23.0 Å². The molecule has 1 amide bonds. The molecule has 3 heterocycles. The molecule has 0 saturated carbocycles. The fourth-order valence-electron chi connectivity index (χ4n) is 4.78. The van der Waals surface area contributed by atoms with Gasteiger partial charge >= 0.3 is 19.7 Å². The Kier molecular flexibility index (Phi) is 10.6. The molecule has 2 aliphatic rings. The third kappa shape index (κ3) is 8.60. The molecule has 6 atom stereocenters. The molecule has 16 nitrogen and oxygen atoms in total. The third-order valence-electron chi connectivity index (χ3n) is 6.47. The summed E-state index contributed by atoms with van der Waals surface area (Å²) in [7, 11) is -4.48. The number of aromatic hydroxyl groups is 1. The van der Waals surface area contributed by atoms with Gasteiger partial charge in [0.1, 0.15) is 36.4 Å². The minimum absolute atomic E-state index is 0.140. The topological polar surface area (TPSA) is 209 Å². The van der Waals surface area contributed by atoms with Crippen molar-refractivity contribution in [2.24, 2.45) is 5.73 Å². The van der Waals surface area contributed by atoms with E-state index in [0.717, 1.165) is 0 Å². The van der Waals surface area contributed by atoms with Gasteiger partial charge in [-0.3, -0.25) is 23.5 Å². The van der Waals surface area contributed by atoms with E-state index in [1.54, 1.807) is 59.7 Å². The summed E-state index contributed by atoms with van der Waals surface area (Å²) in [6.07, 6.45) is -4.02. The van der Waals surface area contributed by atoms with Crippen LogP contribution in [0.25, 0.3) is 0 Å². The van der Waals surface area contributed by atoms with Crippen molar-refractivity contribution in [2.75, 3.05) is 6.61 Å². The first kappa shape index (κ1) is 34.3. The number of aromatic nitrogens is 2. The van der Waals surface area contributed by atoms with Crippen molar-refractivity contribution in [1.82, 2.24) is 14.6 Å². The van der Waals surface area contributed by atoms with Gasteiger partial charge in [0.2, 0.25) is 5.88 Å². The maximum Gasteiger partial charge on any atom is 0.459 e. The fourth-order valence-corrected chi connectivity index (χ4v) is 6.28. The van der Waals surface area contributed by atoms with Crippen LogP contribution >= 0.6 is 7.75 Å². The number of carbonyl (C=O) groups excluding carboxylic acids is 3. The van der Waals surface area contributed by atoms with Crippen LogP contribution in [0, 0.1) is 0 Å². The second kappa shape index (κ2) is 13.8. The Morgan fingerprint density at radius 1 is 1.09 bits per heavy atom. The van der Waals surface area contributed by atoms with Crippen LogP contribution in [-0.2, 0) is 42.4 Å². The lowest BCUT2D eigenvalue weighted by atomic mass is 10.1. The van der Waals surface area contributed by atoms with Crippen LogP contribution in [-0.4, -0.2) is 81.5 Å². The number of imidazole rings is 1. The molecular weight excluding hydrogens is 615 g/mol. The number of carbonyl (C=O) groups is 3. The van der Waals surface area contributed by atoms with Crippen LogP contribution in [0.3, 0.4) is 0 Å². The maximum absolute atomic E-state index is 14.3. The van der Waals surface area contributed by atoms with Crippen molar-refractivity contribution >= 4 is 25.6 Å². The summed E-state index contributed by atoms with van der Waals surface area (Å²) in [4.78, 5) is 41.1. The van der Waals surface area contributed by atoms with E-state index in [1.807, 2.05) is 0 Å². The highest BCUT2D eigenvalue weighted by Gasteiger charge is 2.57. The van der Waals surface area contributed by atoms with E-state index < -0.39 is 93.1 Å². The monoisotopic (exact) mass is 654 g/mol. The third-order valence-corrected chi connectivity index (χ3v) is 8.03. The summed E-state index contributed by atoms with van der Waals surface area (Å²) >= 11 is 0. The average Bonchev–Trinajstić information content (AvgIpc) is 3.56. The Bertz CT molecular complexity index is 1420. The van der Waals surface area contributed by atoms with Crippen LogP contribution in [0.4, 0.5) is 0 Å². The minimum atomic E-state index is -4.48. The summed E-state index contributed by atoms with van der Waals surface area (Å²) in [5.41, 5.74) is 4.93. The quantitative estimate of drug-likeness (QED) is 0.198. The van der Waals surface area contributed by atoms with Gasteiger partial charge in [0.05, 0.1) is 25.2 Å². The molecule has 1 aromatic heterocycles. The Morgan fingerprint density at radius 2 is 1.73 bits per heavy atom. The van der Waals surface area contributed by atoms with Gasteiger partial charge < -0.3 is 39.0 Å². The van der Waals surface area contributed by atoms with Gasteiger partial charge in [-0.1, -0.05) is 18.2 Å². The number of benzene rings is 1. The molecule has 4 N–H and O–H groups in total. The number of nitrogens with zero attached hydrogens (tertiary/aromatic N) is 2. The van der Waals surface area contributed by atoms with Gasteiger partial charge in [-0.2, -0.15) is 5.09 Å². The second-order valence-electron chi connectivity index (χ2n) is 11.4. The first-order valence-electron chi connectivity index (χ1n) is 14.3. The smallest absolute Gasteiger partial charge is 0.459 e. The molecule has 0 spiro atoms. The van der Waals surface area contributed by atoms with Gasteiger partial charge in [0.15, 0.2) is 17.7 Å². The van der Waals surface area contributed by atoms with Crippen molar-refractivity contribution < 1.29 is 56.8 Å². The highest BCUT2D eigenvalue weighted by molar-refractivity contribution is 7.52. The lowest BCUT2D eigenvalue weighted by Crippen LogP contribution is -2.41. The van der Waals surface area contributed by atoms with Gasteiger partial charge in [0.25, 0.3) is 5.91 Å². The number of primary amides is 1. The highest BCUT2D eigenvalue weighted by atomic mass is 31.2. The van der Waals surface area contributed by atoms with Crippen molar-refractivity contribution in [3.8, 4) is 11.6 Å². The maximum atomic E-state index is 14.3. The van der Waals surface area contributed by atoms with Crippen LogP contribution in [0.5, 0.6) is 11.6 Å². The molecule has 0 bridgehead atoms. The number of amides is 1. The van der Waals surface area contributed by atoms with Gasteiger partial charge in [-0.05, 0) is 53.7 Å². The highest BCUT2D eigenvalue weighted by Crippen LogP contribution is 2.49. The number of nitrogens with one attached hydrogen (secondary N) is 1. The number of esters is 2. The summed E-state index contributed by atoms with van der Waals surface area (Å²) in [5.74, 6) is -4.05. The van der Waals surface area contributed by atoms with Crippen LogP contribution in [0.15, 0.2) is 36.7 Å². The zero-order valence-corrected chi connectivity index (χ0v) is 26.7. The molecule has 0 radical (unpaired) electrons. The lowest BCUT2D eigenvalue weighted by Gasteiger charge is -2.27. The second-order valence-corrected chi connectivity index (χ2v) is 13.1. The van der Waals surface area contributed by atoms with E-state index in [9.17, 15) is 24.1 Å². The molecular formula is C28H39N4O12P. The molecule has 2 saturated heterocycles. The molecule has 248 valence electrons. The van der Waals surface area contributed by atoms with E-state index in [-0.39, 0.29) is 11.4 Å². The number of hydrogen-bond donors (Lipinski definition) is 3. The number of fused-ring (bicyclic) bond motifs is 1. The van der Waals surface area contributed by atoms with Crippen LogP contribution in [0.2, 0.25) is 0 Å². The van der Waals surface area contributed by atoms with Crippen LogP contribution in [0.1, 0.15) is 64.7 Å². The zero-order valence-electron chi connectivity index (χ0n) is 25.8. The molecule has 2 unspecified atom stereocenters. The van der Waals surface area contributed by atoms with Crippen molar-refractivity contribution in [3.05, 3.63) is 42.4 Å². The summed E-state index contributed by atoms with van der Waals surface area (Å²) in [6.45, 7) is 9.46. The van der Waals surface area contributed by atoms with Gasteiger partial charge in [0, 0.05) is 0 Å². The van der Waals surface area contributed by atoms with Crippen molar-refractivity contribution in [1.29, 1.82) is 0 Å². The lowest BCUT2D eigenvalue weighted by molar-refractivity contribution is -0.200. The first-order chi connectivity index (χ1) is 21.1. The number of ether oxygens (including phenoxy) is 5. The molecule has 2 aromatic rings. The summed E-state index contributed by atoms with van der Waals surface area (Å²) < 4.78 is 55.7. The Labute approximate surface area is 260 Å². The molecule has 0 aliphatic carbocycles. The summed E-state index contributed by atoms with van der Waals surface area (Å²) in [5, 5.41) is 13.2. The molecule has 1 aromatic carbocycles. The molecule has 2 fully saturated rings. The minimum Gasteiger partial charge on any atom is -0.493 e. The Balaban J connectivity index is 1.60. The fraction of sp³-hybridized carbons (Fsp3) is 0.571. The first-order valence-corrected chi connectivity index (χ1v) is 15.9. The Hall–Kier alpha value is -3.53. The zero-order chi connectivity index (χ0) is 33.1. The average molecular weight is 655 g/mol. The Morgan fingerprint density at radius 3 is 2.33 bits per heavy atom. The predicted molar refractivity (Wildman–Crippen MR) is 155 cm³/mol. The molecule has 2 aliphatic heterocycles. The van der Waals surface area contributed by atoms with E-state index in [4.69, 9.17) is 38.5 Å². The SMILES string of the molecule is CC(C)OC(=O)C[C@H](NP(=O)(OC[C@H]1O[C@@H](n2cnc(C(N)=O)c2O)[C@@H]2OC(C)(C)OC21)Oc1ccccc1)C(=O)OC(C)C. The van der Waals surface area contributed by atoms with Crippen LogP contribution < -0.4 is 15.3 Å². The number of para-hydroxylation sites is 1. The number of rotatable bonds is 14. The normalized spacial score (nSPS) is 24.2. The number of nitrogens with two attached hydrogens (primary N) is 1. The van der Waals surface area contributed by atoms with Crippen molar-refractivity contribution in [3.63, 3.8) is 0 Å². The standard InChI is InChI=1S/C28H39N4O12P/c1-15(2)39-20(33)12-18(27(36)40-16(3)4)31-45(37,44-17-10-8-7-9-11-17)38-13-19-22-23(43-28(5,6)42-22)26(41-19)32-14-30-21(24(29)34)25(32)35/h7-11,14-16,18-19,22-23,26,35H,12-13H2,1-6H3,(H2,29,34)(H,31,37)/t18-,19+,22?,23+,26+,45?/m0/s1. The van der Waals surface area contributed by atoms with E-state index >= 15 is 0 Å². The molecule has 45 heavy (non-hydrogen) atoms. The van der Waals surface area contributed by atoms with Gasteiger partial charge in [-0.15, -0.1) is 0 Å². The summed E-state index contributed by atoms with van der Waals surface area (Å²) in [6, 6.07) is 6.58. The number of hydrogen-bond acceptors (Lipinski definition) is 13. The predicted octanol–water partition coefficient (Wildman–Crippen LogP) is 2.56.